The van der Waals surface area contributed by atoms with Crippen LogP contribution in [0.4, 0.5) is 11.4 Å². The molecule has 2 aromatic rings. The highest BCUT2D eigenvalue weighted by atomic mass is 16.5. The summed E-state index contributed by atoms with van der Waals surface area (Å²) in [5, 5.41) is 18.8. The van der Waals surface area contributed by atoms with Crippen molar-refractivity contribution in [3.63, 3.8) is 0 Å². The van der Waals surface area contributed by atoms with E-state index in [2.05, 4.69) is 29.1 Å². The predicted octanol–water partition coefficient (Wildman–Crippen LogP) is 12.9. The van der Waals surface area contributed by atoms with Gasteiger partial charge in [-0.15, -0.1) is 5.11 Å². The molecule has 0 spiro atoms. The lowest BCUT2D eigenvalue weighted by molar-refractivity contribution is 0.0520. The number of nitrogens with one attached hydrogen (secondary N) is 1. The number of azo groups is 1. The summed E-state index contributed by atoms with van der Waals surface area (Å²) in [6.45, 7) is 11.4. The second-order valence-corrected chi connectivity index (χ2v) is 14.9. The van der Waals surface area contributed by atoms with Crippen molar-refractivity contribution in [2.45, 2.75) is 182 Å². The van der Waals surface area contributed by atoms with Gasteiger partial charge in [-0.2, -0.15) is 5.11 Å². The number of hydrogen-bond acceptors (Lipinski definition) is 7. The number of hydrogen-bond donors (Lipinski definition) is 2. The van der Waals surface area contributed by atoms with Crippen LogP contribution in [0.5, 0.6) is 5.88 Å². The summed E-state index contributed by atoms with van der Waals surface area (Å²) >= 11 is 0. The molecule has 9 heteroatoms. The van der Waals surface area contributed by atoms with E-state index in [1.54, 1.807) is 45.0 Å². The number of unbranched alkanes of at least 4 members (excludes halogenated alkanes) is 20. The Morgan fingerprint density at radius 3 is 1.53 bits per heavy atom. The zero-order valence-electron chi connectivity index (χ0n) is 34.0. The minimum Gasteiger partial charge on any atom is -0.494 e. The van der Waals surface area contributed by atoms with E-state index in [1.165, 1.54) is 116 Å². The number of benzene rings is 1. The highest BCUT2D eigenvalue weighted by molar-refractivity contribution is 5.95. The first-order chi connectivity index (χ1) is 25.7. The lowest BCUT2D eigenvalue weighted by atomic mass is 9.97. The van der Waals surface area contributed by atoms with Crippen LogP contribution in [-0.2, 0) is 4.74 Å². The van der Waals surface area contributed by atoms with Gasteiger partial charge in [0.15, 0.2) is 5.69 Å². The lowest BCUT2D eigenvalue weighted by Gasteiger charge is -2.23. The third-order valence-electron chi connectivity index (χ3n) is 10.00. The molecular weight excluding hydrogens is 665 g/mol. The van der Waals surface area contributed by atoms with Crippen molar-refractivity contribution in [3.8, 4) is 5.88 Å². The minimum atomic E-state index is -0.741. The van der Waals surface area contributed by atoms with E-state index in [9.17, 15) is 19.5 Å². The van der Waals surface area contributed by atoms with Crippen LogP contribution in [0.15, 0.2) is 39.3 Å². The fraction of sp³-hybridized carbons (Fsp3) is 0.705. The van der Waals surface area contributed by atoms with Crippen molar-refractivity contribution in [1.82, 2.24) is 9.88 Å². The van der Waals surface area contributed by atoms with Crippen molar-refractivity contribution in [2.75, 3.05) is 19.7 Å². The zero-order chi connectivity index (χ0) is 38.7. The molecule has 2 N–H and O–H groups in total. The molecule has 0 unspecified atom stereocenters. The number of H-pyrrole nitrogens is 1. The van der Waals surface area contributed by atoms with Crippen LogP contribution in [0.3, 0.4) is 0 Å². The van der Waals surface area contributed by atoms with Gasteiger partial charge in [0.2, 0.25) is 5.88 Å². The third kappa shape index (κ3) is 17.9. The highest BCUT2D eigenvalue weighted by Crippen LogP contribution is 2.33. The van der Waals surface area contributed by atoms with Crippen molar-refractivity contribution >= 4 is 23.3 Å². The molecule has 53 heavy (non-hydrogen) atoms. The quantitative estimate of drug-likeness (QED) is 0.0469. The summed E-state index contributed by atoms with van der Waals surface area (Å²) in [6, 6.07) is 6.96. The molecule has 298 valence electrons. The maximum absolute atomic E-state index is 13.8. The number of aromatic amines is 1. The maximum atomic E-state index is 13.8. The summed E-state index contributed by atoms with van der Waals surface area (Å²) < 4.78 is 5.11. The number of pyridine rings is 1. The second kappa shape index (κ2) is 28.0. The van der Waals surface area contributed by atoms with Crippen molar-refractivity contribution in [2.24, 2.45) is 10.2 Å². The van der Waals surface area contributed by atoms with E-state index in [1.807, 2.05) is 4.90 Å². The standard InChI is InChI=1S/C44H72N4O5/c1-6-9-11-13-15-17-19-20-22-24-26-28-34-48(33-27-25-23-21-18-16-14-12-10-7-2)43(51)36-29-31-37(32-30-36)46-47-40-38(35(4)5)39(44(52)53-8-3)41(49)45-42(40)50/h29-32,35H,6-28,33-34H2,1-5H3,(H2,45,49,50). The Bertz CT molecular complexity index is 1390. The minimum absolute atomic E-state index is 0.0311. The number of nitrogens with zero attached hydrogens (tertiary/aromatic N) is 3. The number of carbonyl (C=O) groups is 2. The molecule has 2 rings (SSSR count). The Kier molecular flexibility index (Phi) is 24.1. The fourth-order valence-corrected chi connectivity index (χ4v) is 6.88. The van der Waals surface area contributed by atoms with Crippen LogP contribution in [0.25, 0.3) is 0 Å². The Hall–Kier alpha value is -3.49. The number of rotatable bonds is 30. The molecule has 0 saturated carbocycles. The smallest absolute Gasteiger partial charge is 0.343 e. The van der Waals surface area contributed by atoms with Crippen LogP contribution in [0, 0.1) is 0 Å². The van der Waals surface area contributed by atoms with Gasteiger partial charge in [0.25, 0.3) is 11.5 Å². The van der Waals surface area contributed by atoms with E-state index in [-0.39, 0.29) is 35.2 Å². The molecule has 0 fully saturated rings. The molecule has 0 aliphatic heterocycles. The van der Waals surface area contributed by atoms with Gasteiger partial charge in [0, 0.05) is 24.2 Å². The molecule has 0 aliphatic carbocycles. The Morgan fingerprint density at radius 1 is 0.679 bits per heavy atom. The molecule has 0 radical (unpaired) electrons. The Balaban J connectivity index is 2.02. The van der Waals surface area contributed by atoms with E-state index in [0.29, 0.717) is 11.3 Å². The molecule has 1 amide bonds. The molecule has 1 heterocycles. The summed E-state index contributed by atoms with van der Waals surface area (Å²) in [7, 11) is 0. The first-order valence-electron chi connectivity index (χ1n) is 21.2. The molecule has 0 saturated heterocycles. The Morgan fingerprint density at radius 2 is 1.11 bits per heavy atom. The lowest BCUT2D eigenvalue weighted by Crippen LogP contribution is -2.33. The fourth-order valence-electron chi connectivity index (χ4n) is 6.88. The summed E-state index contributed by atoms with van der Waals surface area (Å²) in [5.74, 6) is -1.58. The molecule has 0 bridgehead atoms. The maximum Gasteiger partial charge on any atom is 0.343 e. The van der Waals surface area contributed by atoms with Gasteiger partial charge in [-0.05, 0) is 49.9 Å². The number of aromatic nitrogens is 1. The monoisotopic (exact) mass is 737 g/mol. The van der Waals surface area contributed by atoms with Crippen LogP contribution < -0.4 is 5.56 Å². The van der Waals surface area contributed by atoms with Crippen molar-refractivity contribution < 1.29 is 19.4 Å². The highest BCUT2D eigenvalue weighted by Gasteiger charge is 2.26. The average Bonchev–Trinajstić information content (AvgIpc) is 3.14. The number of ether oxygens (including phenoxy) is 1. The topological polar surface area (TPSA) is 124 Å². The zero-order valence-corrected chi connectivity index (χ0v) is 34.0. The van der Waals surface area contributed by atoms with Gasteiger partial charge in [-0.1, -0.05) is 156 Å². The third-order valence-corrected chi connectivity index (χ3v) is 10.00. The normalized spacial score (nSPS) is 11.5. The number of aromatic hydroxyl groups is 1. The number of esters is 1. The van der Waals surface area contributed by atoms with Gasteiger partial charge in [-0.25, -0.2) is 4.79 Å². The van der Waals surface area contributed by atoms with E-state index >= 15 is 0 Å². The molecule has 1 aromatic carbocycles. The first-order valence-corrected chi connectivity index (χ1v) is 21.2. The predicted molar refractivity (Wildman–Crippen MR) is 218 cm³/mol. The number of carbonyl (C=O) groups excluding carboxylic acids is 2. The Labute approximate surface area is 320 Å². The van der Waals surface area contributed by atoms with Gasteiger partial charge < -0.3 is 14.7 Å². The van der Waals surface area contributed by atoms with Crippen LogP contribution >= 0.6 is 0 Å². The summed E-state index contributed by atoms with van der Waals surface area (Å²) in [5.41, 5.74) is 0.488. The van der Waals surface area contributed by atoms with E-state index < -0.39 is 17.4 Å². The van der Waals surface area contributed by atoms with Crippen LogP contribution in [0.2, 0.25) is 0 Å². The largest absolute Gasteiger partial charge is 0.494 e. The van der Waals surface area contributed by atoms with Crippen molar-refractivity contribution in [1.29, 1.82) is 0 Å². The van der Waals surface area contributed by atoms with Crippen molar-refractivity contribution in [3.05, 3.63) is 51.3 Å². The molecule has 0 aliphatic rings. The van der Waals surface area contributed by atoms with Gasteiger partial charge in [0.1, 0.15) is 5.56 Å². The summed E-state index contributed by atoms with van der Waals surface area (Å²) in [4.78, 5) is 43.5. The molecule has 0 atom stereocenters. The SMILES string of the molecule is CCCCCCCCCCCCCCN(CCCCCCCCCCCC)C(=O)c1ccc(N=Nc2c(C(C)C)c(C(=O)OCC)c(O)[nH]c2=O)cc1. The van der Waals surface area contributed by atoms with Gasteiger partial charge in [0.05, 0.1) is 12.3 Å². The average molecular weight is 737 g/mol. The summed E-state index contributed by atoms with van der Waals surface area (Å²) in [6.07, 6.45) is 28.1. The van der Waals surface area contributed by atoms with E-state index in [4.69, 9.17) is 4.74 Å². The number of amides is 1. The van der Waals surface area contributed by atoms with Gasteiger partial charge in [-0.3, -0.25) is 14.6 Å². The molecule has 1 aromatic heterocycles. The van der Waals surface area contributed by atoms with Crippen LogP contribution in [0.1, 0.15) is 208 Å². The molecule has 9 nitrogen and oxygen atoms in total. The second-order valence-electron chi connectivity index (χ2n) is 14.9. The van der Waals surface area contributed by atoms with E-state index in [0.717, 1.165) is 38.8 Å². The van der Waals surface area contributed by atoms with Crippen LogP contribution in [-0.4, -0.2) is 46.6 Å². The first kappa shape index (κ1) is 45.7. The molecular formula is C44H72N4O5. The van der Waals surface area contributed by atoms with Gasteiger partial charge >= 0.3 is 5.97 Å².